The number of hydrogen-bond acceptors (Lipinski definition) is 4. The van der Waals surface area contributed by atoms with Crippen molar-refractivity contribution in [3.05, 3.63) is 0 Å². The number of hydrogen-bond donors (Lipinski definition) is 1. The van der Waals surface area contributed by atoms with Crippen molar-refractivity contribution in [2.75, 3.05) is 26.9 Å². The number of methoxy groups -OCH3 is 1. The van der Waals surface area contributed by atoms with E-state index in [1.165, 1.54) is 7.11 Å². The highest BCUT2D eigenvalue weighted by Gasteiger charge is 2.30. The topological polar surface area (TPSA) is 67.9 Å². The first-order valence-electron chi connectivity index (χ1n) is 6.92. The summed E-state index contributed by atoms with van der Waals surface area (Å²) in [5.41, 5.74) is 0. The zero-order valence-electron chi connectivity index (χ0n) is 11.4. The second kappa shape index (κ2) is 6.75. The number of carbonyl (C=O) groups excluding carboxylic acids is 2. The van der Waals surface area contributed by atoms with Gasteiger partial charge in [0, 0.05) is 12.6 Å². The molecule has 0 spiro atoms. The molecule has 6 nitrogen and oxygen atoms in total. The zero-order chi connectivity index (χ0) is 13.7. The van der Waals surface area contributed by atoms with Crippen molar-refractivity contribution >= 4 is 12.0 Å². The Morgan fingerprint density at radius 1 is 1.32 bits per heavy atom. The van der Waals surface area contributed by atoms with E-state index in [0.717, 1.165) is 32.1 Å². The van der Waals surface area contributed by atoms with Crippen LogP contribution in [0.25, 0.3) is 0 Å². The molecule has 1 aliphatic carbocycles. The molecule has 19 heavy (non-hydrogen) atoms. The van der Waals surface area contributed by atoms with Crippen LogP contribution in [0.3, 0.4) is 0 Å². The van der Waals surface area contributed by atoms with Crippen molar-refractivity contribution in [2.45, 2.75) is 44.2 Å². The number of rotatable bonds is 4. The number of carbonyl (C=O) groups is 2. The van der Waals surface area contributed by atoms with Gasteiger partial charge < -0.3 is 19.7 Å². The van der Waals surface area contributed by atoms with Gasteiger partial charge >= 0.3 is 12.0 Å². The van der Waals surface area contributed by atoms with Gasteiger partial charge in [-0.2, -0.15) is 0 Å². The highest BCUT2D eigenvalue weighted by Crippen LogP contribution is 2.23. The third-order valence-corrected chi connectivity index (χ3v) is 3.81. The van der Waals surface area contributed by atoms with E-state index in [1.54, 1.807) is 4.90 Å². The van der Waals surface area contributed by atoms with Gasteiger partial charge in [-0.05, 0) is 19.3 Å². The third kappa shape index (κ3) is 3.83. The molecule has 1 atom stereocenters. The van der Waals surface area contributed by atoms with E-state index in [2.05, 4.69) is 10.1 Å². The minimum absolute atomic E-state index is 0.0284. The van der Waals surface area contributed by atoms with E-state index in [-0.39, 0.29) is 30.6 Å². The molecule has 2 rings (SSSR count). The minimum Gasteiger partial charge on any atom is -0.468 e. The van der Waals surface area contributed by atoms with Crippen LogP contribution in [0.4, 0.5) is 4.79 Å². The molecule has 1 saturated heterocycles. The summed E-state index contributed by atoms with van der Waals surface area (Å²) in [7, 11) is 1.35. The highest BCUT2D eigenvalue weighted by molar-refractivity contribution is 5.81. The van der Waals surface area contributed by atoms with Crippen LogP contribution in [0.1, 0.15) is 32.1 Å². The normalized spacial score (nSPS) is 23.3. The summed E-state index contributed by atoms with van der Waals surface area (Å²) in [5.74, 6) is -0.371. The number of amides is 2. The summed E-state index contributed by atoms with van der Waals surface area (Å²) < 4.78 is 9.92. The second-order valence-electron chi connectivity index (χ2n) is 5.15. The van der Waals surface area contributed by atoms with E-state index in [4.69, 9.17) is 4.74 Å². The molecule has 0 aromatic carbocycles. The molecule has 1 heterocycles. The van der Waals surface area contributed by atoms with E-state index >= 15 is 0 Å². The smallest absolute Gasteiger partial charge is 0.325 e. The van der Waals surface area contributed by atoms with Crippen molar-refractivity contribution in [1.29, 1.82) is 0 Å². The SMILES string of the molecule is COC(=O)CN(C(=O)NC1CCOC1)C1CCCC1. The lowest BCUT2D eigenvalue weighted by molar-refractivity contribution is -0.141. The average molecular weight is 270 g/mol. The van der Waals surface area contributed by atoms with Crippen LogP contribution >= 0.6 is 0 Å². The van der Waals surface area contributed by atoms with Crippen molar-refractivity contribution in [2.24, 2.45) is 0 Å². The molecule has 0 aromatic heterocycles. The molecule has 1 aliphatic heterocycles. The number of nitrogens with one attached hydrogen (secondary N) is 1. The van der Waals surface area contributed by atoms with Crippen LogP contribution in [0, 0.1) is 0 Å². The van der Waals surface area contributed by atoms with Crippen LogP contribution in [0.5, 0.6) is 0 Å². The lowest BCUT2D eigenvalue weighted by atomic mass is 10.2. The quantitative estimate of drug-likeness (QED) is 0.771. The summed E-state index contributed by atoms with van der Waals surface area (Å²) in [6, 6.07) is 0.0447. The van der Waals surface area contributed by atoms with E-state index in [0.29, 0.717) is 13.2 Å². The summed E-state index contributed by atoms with van der Waals surface area (Å²) >= 11 is 0. The van der Waals surface area contributed by atoms with Crippen LogP contribution in [0.15, 0.2) is 0 Å². The molecule has 1 N–H and O–H groups in total. The van der Waals surface area contributed by atoms with Gasteiger partial charge in [-0.25, -0.2) is 4.79 Å². The molecule has 0 bridgehead atoms. The van der Waals surface area contributed by atoms with Gasteiger partial charge in [0.25, 0.3) is 0 Å². The molecule has 0 radical (unpaired) electrons. The van der Waals surface area contributed by atoms with Crippen LogP contribution < -0.4 is 5.32 Å². The van der Waals surface area contributed by atoms with Crippen LogP contribution in [-0.4, -0.2) is 55.9 Å². The summed E-state index contributed by atoms with van der Waals surface area (Å²) in [6.07, 6.45) is 4.99. The first-order valence-corrected chi connectivity index (χ1v) is 6.92. The monoisotopic (exact) mass is 270 g/mol. The third-order valence-electron chi connectivity index (χ3n) is 3.81. The zero-order valence-corrected chi connectivity index (χ0v) is 11.4. The van der Waals surface area contributed by atoms with Gasteiger partial charge in [-0.15, -0.1) is 0 Å². The number of ether oxygens (including phenoxy) is 2. The number of esters is 1. The summed E-state index contributed by atoms with van der Waals surface area (Å²) in [6.45, 7) is 1.27. The number of nitrogens with zero attached hydrogens (tertiary/aromatic N) is 1. The van der Waals surface area contributed by atoms with Crippen molar-refractivity contribution in [3.63, 3.8) is 0 Å². The lowest BCUT2D eigenvalue weighted by Crippen LogP contribution is -2.50. The Morgan fingerprint density at radius 2 is 2.05 bits per heavy atom. The number of urea groups is 1. The lowest BCUT2D eigenvalue weighted by Gasteiger charge is -2.29. The van der Waals surface area contributed by atoms with Gasteiger partial charge in [-0.1, -0.05) is 12.8 Å². The Morgan fingerprint density at radius 3 is 2.63 bits per heavy atom. The van der Waals surface area contributed by atoms with E-state index < -0.39 is 0 Å². The molecule has 0 aromatic rings. The average Bonchev–Trinajstić information content (AvgIpc) is 3.08. The van der Waals surface area contributed by atoms with Crippen molar-refractivity contribution in [1.82, 2.24) is 10.2 Å². The maximum Gasteiger partial charge on any atom is 0.325 e. The Hall–Kier alpha value is -1.30. The van der Waals surface area contributed by atoms with E-state index in [1.807, 2.05) is 0 Å². The molecule has 2 amide bonds. The fourth-order valence-electron chi connectivity index (χ4n) is 2.69. The fraction of sp³-hybridized carbons (Fsp3) is 0.846. The van der Waals surface area contributed by atoms with Crippen molar-refractivity contribution in [3.8, 4) is 0 Å². The maximum absolute atomic E-state index is 12.3. The van der Waals surface area contributed by atoms with Gasteiger partial charge in [-0.3, -0.25) is 4.79 Å². The Balaban J connectivity index is 1.93. The Kier molecular flexibility index (Phi) is 5.01. The molecule has 2 fully saturated rings. The molecule has 108 valence electrons. The Labute approximate surface area is 113 Å². The standard InChI is InChI=1S/C13H22N2O4/c1-18-12(16)8-15(11-4-2-3-5-11)13(17)14-10-6-7-19-9-10/h10-11H,2-9H2,1H3,(H,14,17). The molecule has 1 unspecified atom stereocenters. The molecule has 1 saturated carbocycles. The molecule has 2 aliphatic rings. The second-order valence-corrected chi connectivity index (χ2v) is 5.15. The van der Waals surface area contributed by atoms with Gasteiger partial charge in [0.2, 0.25) is 0 Å². The predicted molar refractivity (Wildman–Crippen MR) is 68.7 cm³/mol. The molecular formula is C13H22N2O4. The van der Waals surface area contributed by atoms with Crippen LogP contribution in [0.2, 0.25) is 0 Å². The highest BCUT2D eigenvalue weighted by atomic mass is 16.5. The van der Waals surface area contributed by atoms with Crippen LogP contribution in [-0.2, 0) is 14.3 Å². The van der Waals surface area contributed by atoms with E-state index in [9.17, 15) is 9.59 Å². The van der Waals surface area contributed by atoms with Gasteiger partial charge in [0.15, 0.2) is 0 Å². The van der Waals surface area contributed by atoms with Gasteiger partial charge in [0.05, 0.1) is 19.8 Å². The fourth-order valence-corrected chi connectivity index (χ4v) is 2.69. The van der Waals surface area contributed by atoms with Gasteiger partial charge in [0.1, 0.15) is 6.54 Å². The maximum atomic E-state index is 12.3. The minimum atomic E-state index is -0.371. The summed E-state index contributed by atoms with van der Waals surface area (Å²) in [5, 5.41) is 2.94. The Bertz CT molecular complexity index is 323. The first kappa shape index (κ1) is 14.1. The van der Waals surface area contributed by atoms with Crippen molar-refractivity contribution < 1.29 is 19.1 Å². The molecule has 6 heteroatoms. The largest absolute Gasteiger partial charge is 0.468 e. The predicted octanol–water partition coefficient (Wildman–Crippen LogP) is 0.902. The molecular weight excluding hydrogens is 248 g/mol. The first-order chi connectivity index (χ1) is 9.20. The summed E-state index contributed by atoms with van der Waals surface area (Å²) in [4.78, 5) is 25.4.